The van der Waals surface area contributed by atoms with Crippen LogP contribution >= 0.6 is 11.6 Å². The van der Waals surface area contributed by atoms with Crippen molar-refractivity contribution in [3.05, 3.63) is 58.2 Å². The third-order valence-corrected chi connectivity index (χ3v) is 5.76. The number of hydrogen-bond donors (Lipinski definition) is 5. The van der Waals surface area contributed by atoms with Crippen LogP contribution in [0, 0.1) is 6.92 Å². The van der Waals surface area contributed by atoms with Gasteiger partial charge in [-0.3, -0.25) is 5.10 Å². The van der Waals surface area contributed by atoms with Gasteiger partial charge < -0.3 is 29.9 Å². The Hall–Kier alpha value is -2.20. The van der Waals surface area contributed by atoms with Gasteiger partial charge in [0.25, 0.3) is 0 Å². The van der Waals surface area contributed by atoms with Crippen molar-refractivity contribution >= 4 is 22.5 Å². The Morgan fingerprint density at radius 2 is 1.81 bits per heavy atom. The van der Waals surface area contributed by atoms with E-state index in [4.69, 9.17) is 21.1 Å². The summed E-state index contributed by atoms with van der Waals surface area (Å²) in [6.45, 7) is 1.37. The molecule has 0 spiro atoms. The number of aromatic nitrogens is 2. The predicted octanol–water partition coefficient (Wildman–Crippen LogP) is 1.49. The molecule has 1 aromatic heterocycles. The summed E-state index contributed by atoms with van der Waals surface area (Å²) in [6.07, 6.45) is -5.34. The molecule has 0 amide bonds. The molecule has 0 saturated carbocycles. The fourth-order valence-electron chi connectivity index (χ4n) is 3.79. The van der Waals surface area contributed by atoms with E-state index in [1.165, 1.54) is 0 Å². The van der Waals surface area contributed by atoms with Gasteiger partial charge >= 0.3 is 0 Å². The Bertz CT molecular complexity index is 1040. The van der Waals surface area contributed by atoms with Crippen molar-refractivity contribution in [1.82, 2.24) is 10.2 Å². The van der Waals surface area contributed by atoms with Crippen LogP contribution in [0.3, 0.4) is 0 Å². The summed E-state index contributed by atoms with van der Waals surface area (Å²) in [7, 11) is 0. The van der Waals surface area contributed by atoms with E-state index < -0.39 is 37.3 Å². The van der Waals surface area contributed by atoms with Gasteiger partial charge in [-0.15, -0.1) is 0 Å². The minimum Gasteiger partial charge on any atom is -0.461 e. The number of rotatable bonds is 6. The predicted molar refractivity (Wildman–Crippen MR) is 114 cm³/mol. The van der Waals surface area contributed by atoms with E-state index in [1.807, 2.05) is 37.3 Å². The molecular formula is C22H25ClN2O6. The highest BCUT2D eigenvalue weighted by molar-refractivity contribution is 6.30. The van der Waals surface area contributed by atoms with E-state index in [2.05, 4.69) is 10.2 Å². The first kappa shape index (κ1) is 22.0. The fraction of sp³-hybridized carbons (Fsp3) is 0.409. The quantitative estimate of drug-likeness (QED) is 0.386. The first-order chi connectivity index (χ1) is 14.9. The second kappa shape index (κ2) is 9.12. The number of nitrogens with zero attached hydrogens (tertiary/aromatic N) is 1. The Labute approximate surface area is 184 Å². The summed E-state index contributed by atoms with van der Waals surface area (Å²) in [4.78, 5) is 0. The molecule has 31 heavy (non-hydrogen) atoms. The first-order valence-corrected chi connectivity index (χ1v) is 10.4. The number of halogens is 1. The van der Waals surface area contributed by atoms with Crippen LogP contribution in [0.15, 0.2) is 36.4 Å². The maximum absolute atomic E-state index is 10.3. The Morgan fingerprint density at radius 1 is 1.06 bits per heavy atom. The summed E-state index contributed by atoms with van der Waals surface area (Å²) in [5.74, 6) is 0.430. The van der Waals surface area contributed by atoms with Crippen molar-refractivity contribution in [2.75, 3.05) is 6.61 Å². The van der Waals surface area contributed by atoms with Crippen LogP contribution in [0.2, 0.25) is 5.02 Å². The van der Waals surface area contributed by atoms with Crippen molar-refractivity contribution in [3.8, 4) is 5.75 Å². The molecular weight excluding hydrogens is 424 g/mol. The van der Waals surface area contributed by atoms with Crippen molar-refractivity contribution in [3.63, 3.8) is 0 Å². The summed E-state index contributed by atoms with van der Waals surface area (Å²) < 4.78 is 11.5. The van der Waals surface area contributed by atoms with E-state index in [9.17, 15) is 20.4 Å². The van der Waals surface area contributed by atoms with Gasteiger partial charge in [0, 0.05) is 10.7 Å². The molecule has 166 valence electrons. The van der Waals surface area contributed by atoms with Crippen LogP contribution in [0.5, 0.6) is 5.75 Å². The van der Waals surface area contributed by atoms with Crippen LogP contribution in [0.1, 0.15) is 16.8 Å². The summed E-state index contributed by atoms with van der Waals surface area (Å²) in [5, 5.41) is 48.7. The normalized spacial score (nSPS) is 26.3. The number of benzene rings is 2. The number of H-pyrrole nitrogens is 1. The number of ether oxygens (including phenoxy) is 2. The van der Waals surface area contributed by atoms with Crippen molar-refractivity contribution in [2.24, 2.45) is 0 Å². The molecule has 9 heteroatoms. The van der Waals surface area contributed by atoms with E-state index >= 15 is 0 Å². The Kier molecular flexibility index (Phi) is 6.47. The van der Waals surface area contributed by atoms with Crippen molar-refractivity contribution in [1.29, 1.82) is 0 Å². The number of aliphatic hydroxyl groups is 4. The Balaban J connectivity index is 1.61. The Morgan fingerprint density at radius 3 is 2.52 bits per heavy atom. The molecule has 0 radical (unpaired) electrons. The second-order valence-corrected chi connectivity index (χ2v) is 8.24. The minimum absolute atomic E-state index is 0.430. The molecule has 1 aliphatic heterocycles. The van der Waals surface area contributed by atoms with Crippen LogP contribution in [0.25, 0.3) is 10.9 Å². The first-order valence-electron chi connectivity index (χ1n) is 10.1. The van der Waals surface area contributed by atoms with Gasteiger partial charge in [0.15, 0.2) is 0 Å². The summed E-state index contributed by atoms with van der Waals surface area (Å²) >= 11 is 5.96. The van der Waals surface area contributed by atoms with E-state index in [-0.39, 0.29) is 0 Å². The van der Waals surface area contributed by atoms with E-state index in [0.29, 0.717) is 22.7 Å². The fourth-order valence-corrected chi connectivity index (χ4v) is 3.92. The van der Waals surface area contributed by atoms with Gasteiger partial charge in [0.1, 0.15) is 30.2 Å². The van der Waals surface area contributed by atoms with Gasteiger partial charge in [-0.2, -0.15) is 5.10 Å². The lowest BCUT2D eigenvalue weighted by Gasteiger charge is -2.39. The molecule has 8 nitrogen and oxygen atoms in total. The summed E-state index contributed by atoms with van der Waals surface area (Å²) in [6, 6.07) is 11.3. The molecule has 5 N–H and O–H groups in total. The molecule has 0 bridgehead atoms. The summed E-state index contributed by atoms with van der Waals surface area (Å²) in [5.41, 5.74) is 3.56. The van der Waals surface area contributed by atoms with Gasteiger partial charge in [-0.25, -0.2) is 0 Å². The molecule has 0 unspecified atom stereocenters. The lowest BCUT2D eigenvalue weighted by atomic mass is 9.99. The third-order valence-electron chi connectivity index (χ3n) is 5.51. The lowest BCUT2D eigenvalue weighted by molar-refractivity contribution is -0.277. The monoisotopic (exact) mass is 448 g/mol. The molecule has 1 fully saturated rings. The molecule has 3 aromatic rings. The standard InChI is InChI=1S/C22H25ClN2O6/c1-11-8-15-18(14(24-25-15)7-4-12-2-5-13(23)6-3-12)16(9-11)30-22-21(29)20(28)19(27)17(10-26)31-22/h2-3,5-6,8-9,17,19-22,26-29H,4,7,10H2,1H3,(H,24,25)/t17-,19-,20+,21-,22-/m1/s1. The van der Waals surface area contributed by atoms with Crippen molar-refractivity contribution < 1.29 is 29.9 Å². The van der Waals surface area contributed by atoms with E-state index in [1.54, 1.807) is 6.07 Å². The maximum Gasteiger partial charge on any atom is 0.229 e. The van der Waals surface area contributed by atoms with E-state index in [0.717, 1.165) is 28.6 Å². The zero-order chi connectivity index (χ0) is 22.1. The maximum atomic E-state index is 10.3. The highest BCUT2D eigenvalue weighted by Gasteiger charge is 2.44. The SMILES string of the molecule is Cc1cc(O[C@@H]2O[C@H](CO)[C@@H](O)[C@H](O)[C@H]2O)c2c(CCc3ccc(Cl)cc3)[nH]nc2c1. The molecule has 5 atom stereocenters. The lowest BCUT2D eigenvalue weighted by Crippen LogP contribution is -2.60. The zero-order valence-corrected chi connectivity index (χ0v) is 17.7. The van der Waals surface area contributed by atoms with Gasteiger partial charge in [-0.05, 0) is 55.2 Å². The largest absolute Gasteiger partial charge is 0.461 e. The molecule has 2 aromatic carbocycles. The number of aliphatic hydroxyl groups excluding tert-OH is 4. The molecule has 1 aliphatic rings. The van der Waals surface area contributed by atoms with Gasteiger partial charge in [0.05, 0.1) is 17.5 Å². The number of aromatic amines is 1. The second-order valence-electron chi connectivity index (χ2n) is 7.80. The van der Waals surface area contributed by atoms with Gasteiger partial charge in [-0.1, -0.05) is 23.7 Å². The topological polar surface area (TPSA) is 128 Å². The average molecular weight is 449 g/mol. The van der Waals surface area contributed by atoms with Crippen LogP contribution in [0.4, 0.5) is 0 Å². The minimum atomic E-state index is -1.51. The molecule has 2 heterocycles. The van der Waals surface area contributed by atoms with Gasteiger partial charge in [0.2, 0.25) is 6.29 Å². The zero-order valence-electron chi connectivity index (χ0n) is 16.9. The molecule has 0 aliphatic carbocycles. The number of nitrogens with one attached hydrogen (secondary N) is 1. The third kappa shape index (κ3) is 4.55. The van der Waals surface area contributed by atoms with Crippen molar-refractivity contribution in [2.45, 2.75) is 50.5 Å². The van der Waals surface area contributed by atoms with Crippen LogP contribution < -0.4 is 4.74 Å². The number of fused-ring (bicyclic) bond motifs is 1. The van der Waals surface area contributed by atoms with Crippen LogP contribution in [-0.4, -0.2) is 67.9 Å². The van der Waals surface area contributed by atoms with Crippen LogP contribution in [-0.2, 0) is 17.6 Å². The molecule has 4 rings (SSSR count). The average Bonchev–Trinajstić information content (AvgIpc) is 3.16. The smallest absolute Gasteiger partial charge is 0.229 e. The highest BCUT2D eigenvalue weighted by Crippen LogP contribution is 2.33. The molecule has 1 saturated heterocycles. The number of aryl methyl sites for hydroxylation is 3. The highest BCUT2D eigenvalue weighted by atomic mass is 35.5. The number of hydrogen-bond acceptors (Lipinski definition) is 7.